The molecule has 98 valence electrons. The third kappa shape index (κ3) is 2.03. The number of benzene rings is 1. The molecule has 0 spiro atoms. The fourth-order valence-electron chi connectivity index (χ4n) is 2.86. The van der Waals surface area contributed by atoms with Gasteiger partial charge in [0.1, 0.15) is 0 Å². The highest BCUT2D eigenvalue weighted by molar-refractivity contribution is 6.02. The number of ketones is 1. The molecule has 4 heteroatoms. The molecule has 1 atom stereocenters. The third-order valence-electron chi connectivity index (χ3n) is 3.67. The molecule has 2 heterocycles. The topological polar surface area (TPSA) is 49.4 Å². The molecule has 1 saturated heterocycles. The monoisotopic (exact) mass is 256 g/mol. The van der Waals surface area contributed by atoms with Gasteiger partial charge in [0.15, 0.2) is 5.78 Å². The number of fused-ring (bicyclic) bond motifs is 2. The number of allylic oxidation sites excluding steroid dienone is 1. The first-order valence-corrected chi connectivity index (χ1v) is 6.56. The number of hydrogen-bond donors (Lipinski definition) is 1. The maximum atomic E-state index is 12.5. The average Bonchev–Trinajstić information content (AvgIpc) is 2.83. The highest BCUT2D eigenvalue weighted by Crippen LogP contribution is 2.32. The van der Waals surface area contributed by atoms with Crippen molar-refractivity contribution < 1.29 is 9.59 Å². The van der Waals surface area contributed by atoms with E-state index in [0.29, 0.717) is 5.56 Å². The zero-order chi connectivity index (χ0) is 13.4. The van der Waals surface area contributed by atoms with Crippen LogP contribution in [-0.4, -0.2) is 29.2 Å². The third-order valence-corrected chi connectivity index (χ3v) is 3.67. The van der Waals surface area contributed by atoms with Crippen molar-refractivity contribution in [2.75, 3.05) is 11.9 Å². The Bertz CT molecular complexity index is 577. The van der Waals surface area contributed by atoms with Gasteiger partial charge >= 0.3 is 0 Å². The molecule has 1 aromatic rings. The summed E-state index contributed by atoms with van der Waals surface area (Å²) >= 11 is 0. The predicted octanol–water partition coefficient (Wildman–Crippen LogP) is 2.19. The average molecular weight is 256 g/mol. The normalized spacial score (nSPS) is 23.6. The highest BCUT2D eigenvalue weighted by Gasteiger charge is 2.35. The summed E-state index contributed by atoms with van der Waals surface area (Å²) in [4.78, 5) is 25.8. The molecule has 1 aromatic carbocycles. The van der Waals surface area contributed by atoms with E-state index in [1.54, 1.807) is 6.08 Å². The Labute approximate surface area is 112 Å². The van der Waals surface area contributed by atoms with Gasteiger partial charge in [-0.3, -0.25) is 9.59 Å². The van der Waals surface area contributed by atoms with Crippen LogP contribution in [0.2, 0.25) is 0 Å². The van der Waals surface area contributed by atoms with Crippen LogP contribution in [0, 0.1) is 0 Å². The second-order valence-electron chi connectivity index (χ2n) is 5.04. The quantitative estimate of drug-likeness (QED) is 0.784. The molecule has 2 aliphatic rings. The number of para-hydroxylation sites is 1. The van der Waals surface area contributed by atoms with Crippen LogP contribution in [0.25, 0.3) is 0 Å². The number of rotatable bonds is 1. The van der Waals surface area contributed by atoms with Crippen molar-refractivity contribution in [3.8, 4) is 0 Å². The number of hydrogen-bond acceptors (Lipinski definition) is 3. The van der Waals surface area contributed by atoms with E-state index in [1.807, 2.05) is 29.2 Å². The number of amides is 1. The summed E-state index contributed by atoms with van der Waals surface area (Å²) in [6.07, 6.45) is 3.50. The molecule has 0 aromatic heterocycles. The molecule has 4 nitrogen and oxygen atoms in total. The maximum absolute atomic E-state index is 12.5. The second kappa shape index (κ2) is 4.53. The zero-order valence-corrected chi connectivity index (χ0v) is 10.8. The summed E-state index contributed by atoms with van der Waals surface area (Å²) in [6, 6.07) is 7.47. The number of nitrogens with one attached hydrogen (secondary N) is 1. The van der Waals surface area contributed by atoms with E-state index in [0.717, 1.165) is 30.8 Å². The molecule has 2 aliphatic heterocycles. The number of anilines is 1. The van der Waals surface area contributed by atoms with Gasteiger partial charge in [0, 0.05) is 18.3 Å². The molecule has 19 heavy (non-hydrogen) atoms. The van der Waals surface area contributed by atoms with E-state index in [2.05, 4.69) is 5.32 Å². The molecular formula is C15H16N2O2. The lowest BCUT2D eigenvalue weighted by atomic mass is 10.1. The molecule has 0 saturated carbocycles. The van der Waals surface area contributed by atoms with E-state index in [1.165, 1.54) is 6.92 Å². The van der Waals surface area contributed by atoms with Crippen molar-refractivity contribution in [2.45, 2.75) is 25.8 Å². The van der Waals surface area contributed by atoms with Crippen LogP contribution in [0.15, 0.2) is 36.0 Å². The van der Waals surface area contributed by atoms with Crippen molar-refractivity contribution in [3.63, 3.8) is 0 Å². The minimum atomic E-state index is 0.00109. The first-order chi connectivity index (χ1) is 9.16. The summed E-state index contributed by atoms with van der Waals surface area (Å²) in [6.45, 7) is 2.29. The van der Waals surface area contributed by atoms with E-state index in [4.69, 9.17) is 0 Å². The summed E-state index contributed by atoms with van der Waals surface area (Å²) < 4.78 is 0. The smallest absolute Gasteiger partial charge is 0.256 e. The van der Waals surface area contributed by atoms with Gasteiger partial charge in [0.25, 0.3) is 5.91 Å². The fourth-order valence-corrected chi connectivity index (χ4v) is 2.86. The van der Waals surface area contributed by atoms with Crippen molar-refractivity contribution in [1.29, 1.82) is 0 Å². The zero-order valence-electron chi connectivity index (χ0n) is 10.8. The first-order valence-electron chi connectivity index (χ1n) is 6.56. The number of nitrogens with zero attached hydrogens (tertiary/aromatic N) is 1. The Morgan fingerprint density at radius 1 is 1.42 bits per heavy atom. The summed E-state index contributed by atoms with van der Waals surface area (Å²) in [5.41, 5.74) is 2.30. The Balaban J connectivity index is 2.11. The molecule has 0 aliphatic carbocycles. The van der Waals surface area contributed by atoms with Crippen molar-refractivity contribution >= 4 is 17.4 Å². The molecule has 0 unspecified atom stereocenters. The summed E-state index contributed by atoms with van der Waals surface area (Å²) in [5.74, 6) is 0.0544. The Kier molecular flexibility index (Phi) is 2.85. The summed E-state index contributed by atoms with van der Waals surface area (Å²) in [5, 5.41) is 3.27. The minimum absolute atomic E-state index is 0.00109. The van der Waals surface area contributed by atoms with Crippen molar-refractivity contribution in [2.24, 2.45) is 0 Å². The Morgan fingerprint density at radius 3 is 3.00 bits per heavy atom. The van der Waals surface area contributed by atoms with Gasteiger partial charge in [0.05, 0.1) is 17.3 Å². The number of carbonyl (C=O) groups is 2. The Morgan fingerprint density at radius 2 is 2.21 bits per heavy atom. The lowest BCUT2D eigenvalue weighted by Crippen LogP contribution is -2.36. The predicted molar refractivity (Wildman–Crippen MR) is 72.9 cm³/mol. The maximum Gasteiger partial charge on any atom is 0.256 e. The summed E-state index contributed by atoms with van der Waals surface area (Å²) in [7, 11) is 0. The molecule has 1 fully saturated rings. The highest BCUT2D eigenvalue weighted by atomic mass is 16.2. The van der Waals surface area contributed by atoms with Gasteiger partial charge in [-0.1, -0.05) is 12.1 Å². The van der Waals surface area contributed by atoms with Crippen LogP contribution in [0.4, 0.5) is 5.69 Å². The first kappa shape index (κ1) is 12.0. The second-order valence-corrected chi connectivity index (χ2v) is 5.04. The molecule has 3 rings (SSSR count). The molecule has 0 radical (unpaired) electrons. The molecular weight excluding hydrogens is 240 g/mol. The molecule has 1 N–H and O–H groups in total. The SMILES string of the molecule is CC(=O)/C=C1/Nc2ccccc2C(=O)N2CCC[C@@H]12. The van der Waals surface area contributed by atoms with Crippen LogP contribution >= 0.6 is 0 Å². The number of carbonyl (C=O) groups excluding carboxylic acids is 2. The largest absolute Gasteiger partial charge is 0.356 e. The van der Waals surface area contributed by atoms with Crippen molar-refractivity contribution in [1.82, 2.24) is 4.90 Å². The van der Waals surface area contributed by atoms with Gasteiger partial charge in [-0.15, -0.1) is 0 Å². The van der Waals surface area contributed by atoms with Gasteiger partial charge in [-0.05, 0) is 31.9 Å². The van der Waals surface area contributed by atoms with E-state index in [-0.39, 0.29) is 17.7 Å². The van der Waals surface area contributed by atoms with Gasteiger partial charge in [-0.25, -0.2) is 0 Å². The Hall–Kier alpha value is -2.10. The molecule has 1 amide bonds. The van der Waals surface area contributed by atoms with Gasteiger partial charge in [-0.2, -0.15) is 0 Å². The lowest BCUT2D eigenvalue weighted by molar-refractivity contribution is -0.112. The van der Waals surface area contributed by atoms with Crippen LogP contribution < -0.4 is 5.32 Å². The van der Waals surface area contributed by atoms with Gasteiger partial charge in [0.2, 0.25) is 0 Å². The minimum Gasteiger partial charge on any atom is -0.356 e. The standard InChI is InChI=1S/C15H16N2O2/c1-10(18)9-13-14-7-4-8-17(14)15(19)11-5-2-3-6-12(11)16-13/h2-3,5-6,9,14,16H,4,7-8H2,1H3/b13-9+/t14-/m0/s1. The van der Waals surface area contributed by atoms with Crippen LogP contribution in [0.1, 0.15) is 30.1 Å². The van der Waals surface area contributed by atoms with E-state index < -0.39 is 0 Å². The van der Waals surface area contributed by atoms with Crippen LogP contribution in [0.5, 0.6) is 0 Å². The lowest BCUT2D eigenvalue weighted by Gasteiger charge is -2.23. The van der Waals surface area contributed by atoms with Crippen LogP contribution in [0.3, 0.4) is 0 Å². The van der Waals surface area contributed by atoms with Crippen molar-refractivity contribution in [3.05, 3.63) is 41.6 Å². The molecule has 0 bridgehead atoms. The van der Waals surface area contributed by atoms with E-state index in [9.17, 15) is 9.59 Å². The van der Waals surface area contributed by atoms with E-state index >= 15 is 0 Å². The van der Waals surface area contributed by atoms with Gasteiger partial charge < -0.3 is 10.2 Å². The van der Waals surface area contributed by atoms with Crippen LogP contribution in [-0.2, 0) is 4.79 Å². The fraction of sp³-hybridized carbons (Fsp3) is 0.333.